The van der Waals surface area contributed by atoms with E-state index in [1.807, 2.05) is 30.3 Å². The van der Waals surface area contributed by atoms with Crippen LogP contribution in [0.15, 0.2) is 30.3 Å². The fourth-order valence-corrected chi connectivity index (χ4v) is 2.27. The van der Waals surface area contributed by atoms with Crippen LogP contribution in [-0.2, 0) is 0 Å². The highest BCUT2D eigenvalue weighted by atomic mass is 16.5. The van der Waals surface area contributed by atoms with E-state index in [4.69, 9.17) is 15.2 Å². The second kappa shape index (κ2) is 5.31. The Morgan fingerprint density at radius 2 is 1.75 bits per heavy atom. The van der Waals surface area contributed by atoms with Crippen molar-refractivity contribution in [2.75, 3.05) is 14.2 Å². The van der Waals surface area contributed by atoms with Gasteiger partial charge in [0.25, 0.3) is 0 Å². The molecule has 0 fully saturated rings. The summed E-state index contributed by atoms with van der Waals surface area (Å²) < 4.78 is 10.8. The summed E-state index contributed by atoms with van der Waals surface area (Å²) in [5, 5.41) is 12.1. The number of nitrogens with two attached hydrogens (primary N) is 1. The van der Waals surface area contributed by atoms with E-state index in [0.717, 1.165) is 22.1 Å². The van der Waals surface area contributed by atoms with Crippen LogP contribution in [-0.4, -0.2) is 24.9 Å². The molecule has 108 valence electrons. The van der Waals surface area contributed by atoms with Crippen LogP contribution in [0.1, 0.15) is 25.5 Å². The molecule has 3 N–H and O–H groups in total. The van der Waals surface area contributed by atoms with Crippen molar-refractivity contribution in [1.82, 2.24) is 0 Å². The molecule has 0 aliphatic rings. The van der Waals surface area contributed by atoms with Crippen LogP contribution in [0.3, 0.4) is 0 Å². The average molecular weight is 275 g/mol. The van der Waals surface area contributed by atoms with Gasteiger partial charge >= 0.3 is 0 Å². The molecule has 20 heavy (non-hydrogen) atoms. The van der Waals surface area contributed by atoms with Crippen molar-refractivity contribution < 1.29 is 14.6 Å². The minimum Gasteiger partial charge on any atom is -0.496 e. The Labute approximate surface area is 119 Å². The predicted molar refractivity (Wildman–Crippen MR) is 80.3 cm³/mol. The summed E-state index contributed by atoms with van der Waals surface area (Å²) in [6.45, 7) is 3.37. The molecule has 1 atom stereocenters. The van der Waals surface area contributed by atoms with E-state index in [1.165, 1.54) is 0 Å². The van der Waals surface area contributed by atoms with E-state index in [1.54, 1.807) is 28.1 Å². The minimum absolute atomic E-state index is 0.549. The summed E-state index contributed by atoms with van der Waals surface area (Å²) in [6, 6.07) is 9.10. The molecule has 0 saturated carbocycles. The Balaban J connectivity index is 2.70. The van der Waals surface area contributed by atoms with Crippen LogP contribution in [0.5, 0.6) is 11.5 Å². The Kier molecular flexibility index (Phi) is 3.88. The zero-order chi connectivity index (χ0) is 14.9. The molecule has 0 saturated heterocycles. The van der Waals surface area contributed by atoms with Gasteiger partial charge < -0.3 is 20.3 Å². The van der Waals surface area contributed by atoms with Gasteiger partial charge in [-0.15, -0.1) is 0 Å². The summed E-state index contributed by atoms with van der Waals surface area (Å²) in [5.41, 5.74) is 5.88. The summed E-state index contributed by atoms with van der Waals surface area (Å²) in [7, 11) is 3.23. The van der Waals surface area contributed by atoms with Gasteiger partial charge in [0.15, 0.2) is 0 Å². The molecular weight excluding hydrogens is 254 g/mol. The number of fused-ring (bicyclic) bond motifs is 1. The first-order valence-electron chi connectivity index (χ1n) is 6.51. The fourth-order valence-electron chi connectivity index (χ4n) is 2.27. The highest BCUT2D eigenvalue weighted by Crippen LogP contribution is 2.36. The number of hydrogen-bond acceptors (Lipinski definition) is 4. The molecule has 0 bridgehead atoms. The number of rotatable bonds is 4. The van der Waals surface area contributed by atoms with Gasteiger partial charge in [0.2, 0.25) is 0 Å². The molecule has 4 nitrogen and oxygen atoms in total. The standard InChI is InChI=1S/C16H21NO3/c1-16(2,18)15(17)12-9-11-10(8-14(12)20-4)6-5-7-13(11)19-3/h5-9,15,18H,17H2,1-4H3/t15-/m1/s1. The Morgan fingerprint density at radius 3 is 2.30 bits per heavy atom. The molecular formula is C16H21NO3. The summed E-state index contributed by atoms with van der Waals surface area (Å²) in [5.74, 6) is 1.44. The highest BCUT2D eigenvalue weighted by molar-refractivity contribution is 5.90. The van der Waals surface area contributed by atoms with Gasteiger partial charge in [0, 0.05) is 10.9 Å². The van der Waals surface area contributed by atoms with Gasteiger partial charge in [-0.2, -0.15) is 0 Å². The number of hydrogen-bond donors (Lipinski definition) is 2. The first-order valence-corrected chi connectivity index (χ1v) is 6.51. The van der Waals surface area contributed by atoms with E-state index in [0.29, 0.717) is 5.75 Å². The predicted octanol–water partition coefficient (Wildman–Crippen LogP) is 2.63. The van der Waals surface area contributed by atoms with Crippen molar-refractivity contribution >= 4 is 10.8 Å². The lowest BCUT2D eigenvalue weighted by atomic mass is 9.90. The maximum absolute atomic E-state index is 10.1. The third-order valence-corrected chi connectivity index (χ3v) is 3.51. The fraction of sp³-hybridized carbons (Fsp3) is 0.375. The summed E-state index contributed by atoms with van der Waals surface area (Å²) in [4.78, 5) is 0. The zero-order valence-electron chi connectivity index (χ0n) is 12.3. The van der Waals surface area contributed by atoms with Gasteiger partial charge in [0.1, 0.15) is 11.5 Å². The first-order chi connectivity index (χ1) is 9.38. The number of ether oxygens (including phenoxy) is 2. The van der Waals surface area contributed by atoms with Crippen LogP contribution >= 0.6 is 0 Å². The number of methoxy groups -OCH3 is 2. The van der Waals surface area contributed by atoms with Crippen molar-refractivity contribution in [2.45, 2.75) is 25.5 Å². The third-order valence-electron chi connectivity index (χ3n) is 3.51. The summed E-state index contributed by atoms with van der Waals surface area (Å²) >= 11 is 0. The minimum atomic E-state index is -1.04. The SMILES string of the molecule is COc1cc2cccc(OC)c2cc1[C@@H](N)C(C)(C)O. The van der Waals surface area contributed by atoms with Crippen molar-refractivity contribution in [2.24, 2.45) is 5.73 Å². The van der Waals surface area contributed by atoms with Gasteiger partial charge in [-0.3, -0.25) is 0 Å². The van der Waals surface area contributed by atoms with Gasteiger partial charge in [-0.05, 0) is 37.4 Å². The zero-order valence-corrected chi connectivity index (χ0v) is 12.3. The molecule has 0 spiro atoms. The number of aliphatic hydroxyl groups is 1. The quantitative estimate of drug-likeness (QED) is 0.900. The van der Waals surface area contributed by atoms with Crippen LogP contribution in [0.25, 0.3) is 10.8 Å². The van der Waals surface area contributed by atoms with E-state index in [2.05, 4.69) is 0 Å². The first kappa shape index (κ1) is 14.6. The Morgan fingerprint density at radius 1 is 1.10 bits per heavy atom. The van der Waals surface area contributed by atoms with E-state index >= 15 is 0 Å². The molecule has 0 radical (unpaired) electrons. The summed E-state index contributed by atoms with van der Waals surface area (Å²) in [6.07, 6.45) is 0. The Hall–Kier alpha value is -1.78. The van der Waals surface area contributed by atoms with Crippen LogP contribution in [0.2, 0.25) is 0 Å². The van der Waals surface area contributed by atoms with Crippen molar-refractivity contribution in [3.63, 3.8) is 0 Å². The van der Waals surface area contributed by atoms with Gasteiger partial charge in [-0.1, -0.05) is 12.1 Å². The maximum Gasteiger partial charge on any atom is 0.126 e. The van der Waals surface area contributed by atoms with Gasteiger partial charge in [0.05, 0.1) is 25.9 Å². The van der Waals surface area contributed by atoms with Crippen LogP contribution < -0.4 is 15.2 Å². The lowest BCUT2D eigenvalue weighted by molar-refractivity contribution is 0.0509. The van der Waals surface area contributed by atoms with Gasteiger partial charge in [-0.25, -0.2) is 0 Å². The van der Waals surface area contributed by atoms with E-state index in [-0.39, 0.29) is 0 Å². The van der Waals surface area contributed by atoms with Crippen molar-refractivity contribution in [3.8, 4) is 11.5 Å². The van der Waals surface area contributed by atoms with Crippen LogP contribution in [0.4, 0.5) is 0 Å². The molecule has 2 aromatic carbocycles. The largest absolute Gasteiger partial charge is 0.496 e. The maximum atomic E-state index is 10.1. The average Bonchev–Trinajstić information content (AvgIpc) is 2.43. The molecule has 4 heteroatoms. The molecule has 2 aromatic rings. The molecule has 0 aliphatic heterocycles. The van der Waals surface area contributed by atoms with E-state index in [9.17, 15) is 5.11 Å². The highest BCUT2D eigenvalue weighted by Gasteiger charge is 2.27. The smallest absolute Gasteiger partial charge is 0.126 e. The topological polar surface area (TPSA) is 64.7 Å². The van der Waals surface area contributed by atoms with E-state index < -0.39 is 11.6 Å². The lowest BCUT2D eigenvalue weighted by Gasteiger charge is -2.27. The third kappa shape index (κ3) is 2.57. The Bertz CT molecular complexity index is 617. The molecule has 0 aromatic heterocycles. The molecule has 0 heterocycles. The van der Waals surface area contributed by atoms with Crippen LogP contribution in [0, 0.1) is 0 Å². The second-order valence-corrected chi connectivity index (χ2v) is 5.41. The second-order valence-electron chi connectivity index (χ2n) is 5.41. The van der Waals surface area contributed by atoms with Crippen molar-refractivity contribution in [1.29, 1.82) is 0 Å². The molecule has 0 amide bonds. The van der Waals surface area contributed by atoms with Crippen molar-refractivity contribution in [3.05, 3.63) is 35.9 Å². The lowest BCUT2D eigenvalue weighted by Crippen LogP contribution is -2.35. The number of benzene rings is 2. The monoisotopic (exact) mass is 275 g/mol. The normalized spacial score (nSPS) is 13.3. The molecule has 2 rings (SSSR count). The molecule has 0 unspecified atom stereocenters. The molecule has 0 aliphatic carbocycles.